The first kappa shape index (κ1) is 16.4. The van der Waals surface area contributed by atoms with Crippen LogP contribution in [-0.2, 0) is 14.4 Å². The molecule has 0 aromatic heterocycles. The van der Waals surface area contributed by atoms with Gasteiger partial charge >= 0.3 is 0 Å². The van der Waals surface area contributed by atoms with E-state index in [1.165, 1.54) is 12.1 Å². The van der Waals surface area contributed by atoms with Crippen molar-refractivity contribution in [2.24, 2.45) is 0 Å². The van der Waals surface area contributed by atoms with Gasteiger partial charge in [-0.3, -0.25) is 19.9 Å². The average molecular weight is 396 g/mol. The molecule has 0 aliphatic carbocycles. The lowest BCUT2D eigenvalue weighted by Gasteiger charge is -2.17. The normalized spacial score (nSPS) is 19.5. The van der Waals surface area contributed by atoms with E-state index in [0.29, 0.717) is 21.3 Å². The van der Waals surface area contributed by atoms with E-state index in [1.54, 1.807) is 30.3 Å². The molecule has 2 aromatic rings. The Morgan fingerprint density at radius 2 is 1.76 bits per heavy atom. The summed E-state index contributed by atoms with van der Waals surface area (Å²) in [5.41, 5.74) is 3.99. The minimum absolute atomic E-state index is 0.189. The predicted molar refractivity (Wildman–Crippen MR) is 95.3 cm³/mol. The second-order valence-electron chi connectivity index (χ2n) is 5.44. The van der Waals surface area contributed by atoms with Crippen molar-refractivity contribution in [2.75, 3.05) is 4.90 Å². The highest BCUT2D eigenvalue weighted by Crippen LogP contribution is 2.40. The number of carbonyl (C=O) groups is 2. The van der Waals surface area contributed by atoms with Crippen molar-refractivity contribution in [3.05, 3.63) is 68.7 Å². The minimum Gasteiger partial charge on any atom is -0.270 e. The van der Waals surface area contributed by atoms with E-state index in [-0.39, 0.29) is 16.3 Å². The van der Waals surface area contributed by atoms with Crippen LogP contribution >= 0.6 is 34.8 Å². The van der Waals surface area contributed by atoms with Crippen LogP contribution in [0, 0.1) is 0 Å². The van der Waals surface area contributed by atoms with E-state index in [0.717, 1.165) is 4.90 Å². The van der Waals surface area contributed by atoms with Gasteiger partial charge in [-0.05, 0) is 24.3 Å². The number of anilines is 1. The summed E-state index contributed by atoms with van der Waals surface area (Å²) in [7, 11) is 0. The number of carbonyl (C=O) groups excluding carboxylic acids is 2. The maximum atomic E-state index is 12.9. The Labute approximate surface area is 157 Å². The fourth-order valence-corrected chi connectivity index (χ4v) is 3.44. The maximum Gasteiger partial charge on any atom is 0.270 e. The quantitative estimate of drug-likeness (QED) is 0.785. The van der Waals surface area contributed by atoms with Gasteiger partial charge in [0.25, 0.3) is 11.8 Å². The molecule has 2 amide bonds. The molecule has 1 N–H and O–H groups in total. The molecule has 0 spiro atoms. The second kappa shape index (κ2) is 6.04. The molecule has 5 nitrogen and oxygen atoms in total. The SMILES string of the molecule is O=C1C2=C(c3ccccc3Cl)NO[C@@H]2C(=O)N1c1cc(Cl)ccc1Cl. The molecular weight excluding hydrogens is 387 g/mol. The van der Waals surface area contributed by atoms with Crippen LogP contribution in [0.3, 0.4) is 0 Å². The van der Waals surface area contributed by atoms with E-state index in [9.17, 15) is 9.59 Å². The second-order valence-corrected chi connectivity index (χ2v) is 6.69. The lowest BCUT2D eigenvalue weighted by molar-refractivity contribution is -0.127. The monoisotopic (exact) mass is 394 g/mol. The van der Waals surface area contributed by atoms with Crippen LogP contribution in [0.15, 0.2) is 48.0 Å². The van der Waals surface area contributed by atoms with Gasteiger partial charge in [0.15, 0.2) is 6.10 Å². The van der Waals surface area contributed by atoms with Crippen LogP contribution in [-0.4, -0.2) is 17.9 Å². The number of amides is 2. The van der Waals surface area contributed by atoms with Gasteiger partial charge in [0.1, 0.15) is 0 Å². The first-order valence-corrected chi connectivity index (χ1v) is 8.36. The molecule has 8 heteroatoms. The lowest BCUT2D eigenvalue weighted by atomic mass is 10.0. The zero-order valence-corrected chi connectivity index (χ0v) is 14.7. The number of imide groups is 1. The molecule has 25 heavy (non-hydrogen) atoms. The van der Waals surface area contributed by atoms with Gasteiger partial charge in [0, 0.05) is 15.6 Å². The molecule has 2 aromatic carbocycles. The fraction of sp³-hybridized carbons (Fsp3) is 0.0588. The van der Waals surface area contributed by atoms with Crippen LogP contribution < -0.4 is 10.4 Å². The van der Waals surface area contributed by atoms with Crippen molar-refractivity contribution >= 4 is 58.0 Å². The summed E-state index contributed by atoms with van der Waals surface area (Å²) in [5.74, 6) is -1.07. The Balaban J connectivity index is 1.85. The van der Waals surface area contributed by atoms with Crippen LogP contribution in [0.4, 0.5) is 5.69 Å². The van der Waals surface area contributed by atoms with Crippen molar-refractivity contribution in [1.82, 2.24) is 5.48 Å². The Morgan fingerprint density at radius 1 is 1.00 bits per heavy atom. The van der Waals surface area contributed by atoms with E-state index >= 15 is 0 Å². The number of benzene rings is 2. The first-order valence-electron chi connectivity index (χ1n) is 7.23. The van der Waals surface area contributed by atoms with Gasteiger partial charge in [-0.2, -0.15) is 0 Å². The fourth-order valence-electron chi connectivity index (χ4n) is 2.84. The summed E-state index contributed by atoms with van der Waals surface area (Å²) in [4.78, 5) is 31.9. The van der Waals surface area contributed by atoms with Crippen molar-refractivity contribution < 1.29 is 14.4 Å². The molecule has 0 saturated carbocycles. The zero-order valence-electron chi connectivity index (χ0n) is 12.4. The van der Waals surface area contributed by atoms with E-state index < -0.39 is 17.9 Å². The highest BCUT2D eigenvalue weighted by atomic mass is 35.5. The molecule has 2 aliphatic rings. The number of hydroxylamine groups is 1. The molecule has 0 bridgehead atoms. The zero-order chi connectivity index (χ0) is 17.7. The summed E-state index contributed by atoms with van der Waals surface area (Å²) in [6.07, 6.45) is -1.06. The van der Waals surface area contributed by atoms with E-state index in [2.05, 4.69) is 5.48 Å². The number of rotatable bonds is 2. The van der Waals surface area contributed by atoms with Crippen LogP contribution in [0.25, 0.3) is 5.70 Å². The third kappa shape index (κ3) is 2.51. The summed E-state index contributed by atoms with van der Waals surface area (Å²) < 4.78 is 0. The van der Waals surface area contributed by atoms with Gasteiger partial charge in [-0.1, -0.05) is 53.0 Å². The number of nitrogens with zero attached hydrogens (tertiary/aromatic N) is 1. The number of halogens is 3. The number of hydrogen-bond donors (Lipinski definition) is 1. The molecule has 1 saturated heterocycles. The summed E-state index contributed by atoms with van der Waals surface area (Å²) >= 11 is 18.3. The predicted octanol–water partition coefficient (Wildman–Crippen LogP) is 3.83. The molecule has 1 atom stereocenters. The standard InChI is InChI=1S/C17H9Cl3N2O3/c18-8-5-6-11(20)12(7-8)22-16(23)13-14(21-25-15(13)17(22)24)9-3-1-2-4-10(9)19/h1-7,15,21H/t15-/m0/s1. The Morgan fingerprint density at radius 3 is 2.52 bits per heavy atom. The van der Waals surface area contributed by atoms with Gasteiger partial charge in [-0.25, -0.2) is 4.90 Å². The summed E-state index contributed by atoms with van der Waals surface area (Å²) in [6.45, 7) is 0. The number of hydrogen-bond acceptors (Lipinski definition) is 4. The first-order chi connectivity index (χ1) is 12.0. The van der Waals surface area contributed by atoms with Crippen LogP contribution in [0.5, 0.6) is 0 Å². The Kier molecular flexibility index (Phi) is 3.96. The molecule has 2 heterocycles. The molecule has 4 rings (SSSR count). The maximum absolute atomic E-state index is 12.9. The van der Waals surface area contributed by atoms with Gasteiger partial charge in [-0.15, -0.1) is 0 Å². The third-order valence-corrected chi connectivity index (χ3v) is 4.87. The lowest BCUT2D eigenvalue weighted by Crippen LogP contribution is -2.34. The largest absolute Gasteiger partial charge is 0.270 e. The molecule has 1 fully saturated rings. The Hall–Kier alpha value is -2.05. The molecular formula is C17H9Cl3N2O3. The minimum atomic E-state index is -1.06. The highest BCUT2D eigenvalue weighted by molar-refractivity contribution is 6.40. The summed E-state index contributed by atoms with van der Waals surface area (Å²) in [6, 6.07) is 11.5. The van der Waals surface area contributed by atoms with Crippen molar-refractivity contribution in [2.45, 2.75) is 6.10 Å². The Bertz CT molecular complexity index is 958. The number of nitrogens with one attached hydrogen (secondary N) is 1. The highest BCUT2D eigenvalue weighted by Gasteiger charge is 2.51. The molecule has 0 unspecified atom stereocenters. The molecule has 0 radical (unpaired) electrons. The summed E-state index contributed by atoms with van der Waals surface area (Å²) in [5, 5.41) is 1.02. The topological polar surface area (TPSA) is 58.6 Å². The third-order valence-electron chi connectivity index (χ3n) is 3.98. The molecule has 2 aliphatic heterocycles. The van der Waals surface area contributed by atoms with E-state index in [4.69, 9.17) is 39.6 Å². The smallest absolute Gasteiger partial charge is 0.270 e. The molecule has 126 valence electrons. The van der Waals surface area contributed by atoms with E-state index in [1.807, 2.05) is 0 Å². The average Bonchev–Trinajstić information content (AvgIpc) is 3.12. The van der Waals surface area contributed by atoms with Crippen LogP contribution in [0.2, 0.25) is 15.1 Å². The van der Waals surface area contributed by atoms with Gasteiger partial charge in [0.2, 0.25) is 0 Å². The van der Waals surface area contributed by atoms with Crippen molar-refractivity contribution in [3.8, 4) is 0 Å². The van der Waals surface area contributed by atoms with Gasteiger partial charge < -0.3 is 0 Å². The van der Waals surface area contributed by atoms with Crippen molar-refractivity contribution in [1.29, 1.82) is 0 Å². The van der Waals surface area contributed by atoms with Gasteiger partial charge in [0.05, 0.1) is 22.0 Å². The van der Waals surface area contributed by atoms with Crippen LogP contribution in [0.1, 0.15) is 5.56 Å². The van der Waals surface area contributed by atoms with Crippen molar-refractivity contribution in [3.63, 3.8) is 0 Å². The number of fused-ring (bicyclic) bond motifs is 1.